The molecule has 0 aliphatic carbocycles. The molecule has 5 nitrogen and oxygen atoms in total. The summed E-state index contributed by atoms with van der Waals surface area (Å²) in [5.41, 5.74) is -0.904. The van der Waals surface area contributed by atoms with E-state index in [1.807, 2.05) is 13.2 Å². The predicted octanol–water partition coefficient (Wildman–Crippen LogP) is 1.88. The first-order valence-electron chi connectivity index (χ1n) is 6.01. The Kier molecular flexibility index (Phi) is 7.13. The molecule has 0 aromatic rings. The third-order valence-electron chi connectivity index (χ3n) is 3.32. The van der Waals surface area contributed by atoms with Crippen LogP contribution >= 0.6 is 11.8 Å². The summed E-state index contributed by atoms with van der Waals surface area (Å²) in [4.78, 5) is 24.6. The lowest BCUT2D eigenvalue weighted by Crippen LogP contribution is -2.48. The van der Waals surface area contributed by atoms with Crippen LogP contribution in [0.4, 0.5) is 4.79 Å². The number of rotatable bonds is 7. The van der Waals surface area contributed by atoms with Gasteiger partial charge in [0.1, 0.15) is 0 Å². The van der Waals surface area contributed by atoms with Crippen LogP contribution in [0.15, 0.2) is 0 Å². The molecule has 0 spiro atoms. The molecule has 0 heterocycles. The van der Waals surface area contributed by atoms with Crippen molar-refractivity contribution in [2.75, 3.05) is 25.6 Å². The lowest BCUT2D eigenvalue weighted by atomic mass is 9.88. The van der Waals surface area contributed by atoms with E-state index in [2.05, 4.69) is 5.32 Å². The second kappa shape index (κ2) is 7.51. The molecule has 2 N–H and O–H groups in total. The number of amides is 2. The number of urea groups is 1. The van der Waals surface area contributed by atoms with E-state index in [4.69, 9.17) is 5.11 Å². The van der Waals surface area contributed by atoms with Crippen LogP contribution in [0, 0.1) is 5.41 Å². The zero-order valence-electron chi connectivity index (χ0n) is 11.8. The highest BCUT2D eigenvalue weighted by Gasteiger charge is 2.32. The van der Waals surface area contributed by atoms with E-state index in [0.29, 0.717) is 6.42 Å². The number of aliphatic carboxylic acids is 1. The fourth-order valence-corrected chi connectivity index (χ4v) is 2.01. The fourth-order valence-electron chi connectivity index (χ4n) is 1.30. The molecule has 2 amide bonds. The Morgan fingerprint density at radius 1 is 1.50 bits per heavy atom. The van der Waals surface area contributed by atoms with Crippen molar-refractivity contribution in [2.45, 2.75) is 33.2 Å². The summed E-state index contributed by atoms with van der Waals surface area (Å²) in [5, 5.41) is 11.8. The van der Waals surface area contributed by atoms with Crippen molar-refractivity contribution >= 4 is 23.8 Å². The van der Waals surface area contributed by atoms with Crippen molar-refractivity contribution in [1.29, 1.82) is 0 Å². The Balaban J connectivity index is 4.37. The van der Waals surface area contributed by atoms with E-state index in [9.17, 15) is 9.59 Å². The molecule has 0 rings (SSSR count). The average Bonchev–Trinajstić information content (AvgIpc) is 2.34. The van der Waals surface area contributed by atoms with Gasteiger partial charge in [0.2, 0.25) is 0 Å². The van der Waals surface area contributed by atoms with Gasteiger partial charge in [-0.2, -0.15) is 11.8 Å². The van der Waals surface area contributed by atoms with Crippen LogP contribution in [0.2, 0.25) is 0 Å². The van der Waals surface area contributed by atoms with Crippen molar-refractivity contribution in [3.63, 3.8) is 0 Å². The monoisotopic (exact) mass is 276 g/mol. The minimum absolute atomic E-state index is 0.123. The molecule has 0 aromatic heterocycles. The first kappa shape index (κ1) is 17.1. The third kappa shape index (κ3) is 4.76. The van der Waals surface area contributed by atoms with Crippen LogP contribution < -0.4 is 5.32 Å². The third-order valence-corrected chi connectivity index (χ3v) is 4.13. The first-order chi connectivity index (χ1) is 8.28. The fraction of sp³-hybridized carbons (Fsp3) is 0.833. The number of carboxylic acids is 1. The van der Waals surface area contributed by atoms with E-state index in [1.165, 1.54) is 0 Å². The lowest BCUT2D eigenvalue weighted by Gasteiger charge is -2.28. The van der Waals surface area contributed by atoms with E-state index in [-0.39, 0.29) is 18.6 Å². The number of hydrogen-bond acceptors (Lipinski definition) is 3. The van der Waals surface area contributed by atoms with Crippen molar-refractivity contribution < 1.29 is 14.7 Å². The molecule has 2 unspecified atom stereocenters. The van der Waals surface area contributed by atoms with E-state index in [0.717, 1.165) is 5.75 Å². The predicted molar refractivity (Wildman–Crippen MR) is 75.0 cm³/mol. The van der Waals surface area contributed by atoms with Crippen molar-refractivity contribution in [3.05, 3.63) is 0 Å². The highest BCUT2D eigenvalue weighted by Crippen LogP contribution is 2.20. The summed E-state index contributed by atoms with van der Waals surface area (Å²) in [6, 6.07) is -0.102. The Morgan fingerprint density at radius 2 is 2.06 bits per heavy atom. The smallest absolute Gasteiger partial charge is 0.317 e. The Labute approximate surface area is 113 Å². The number of nitrogens with zero attached hydrogens (tertiary/aromatic N) is 1. The zero-order chi connectivity index (χ0) is 14.3. The van der Waals surface area contributed by atoms with Gasteiger partial charge in [0.05, 0.1) is 5.41 Å². The van der Waals surface area contributed by atoms with Gasteiger partial charge in [0, 0.05) is 25.4 Å². The summed E-state index contributed by atoms with van der Waals surface area (Å²) >= 11 is 1.67. The van der Waals surface area contributed by atoms with Crippen LogP contribution in [0.5, 0.6) is 0 Å². The lowest BCUT2D eigenvalue weighted by molar-refractivity contribution is -0.147. The van der Waals surface area contributed by atoms with Crippen LogP contribution in [0.25, 0.3) is 0 Å². The van der Waals surface area contributed by atoms with Gasteiger partial charge in [-0.3, -0.25) is 4.79 Å². The summed E-state index contributed by atoms with van der Waals surface area (Å²) in [7, 11) is 1.72. The summed E-state index contributed by atoms with van der Waals surface area (Å²) in [6.45, 7) is 5.56. The molecule has 0 fully saturated rings. The largest absolute Gasteiger partial charge is 0.481 e. The molecule has 0 bridgehead atoms. The number of nitrogens with one attached hydrogen (secondary N) is 1. The molecular weight excluding hydrogens is 252 g/mol. The molecule has 2 atom stereocenters. The Hall–Kier alpha value is -0.910. The van der Waals surface area contributed by atoms with Crippen LogP contribution in [0.1, 0.15) is 27.2 Å². The van der Waals surface area contributed by atoms with Crippen molar-refractivity contribution in [1.82, 2.24) is 10.2 Å². The molecule has 106 valence electrons. The number of carbonyl (C=O) groups excluding carboxylic acids is 1. The second-order valence-electron chi connectivity index (χ2n) is 4.79. The highest BCUT2D eigenvalue weighted by molar-refractivity contribution is 7.98. The number of hydrogen-bond donors (Lipinski definition) is 2. The first-order valence-corrected chi connectivity index (χ1v) is 7.41. The van der Waals surface area contributed by atoms with Gasteiger partial charge >= 0.3 is 12.0 Å². The minimum Gasteiger partial charge on any atom is -0.481 e. The topological polar surface area (TPSA) is 69.6 Å². The van der Waals surface area contributed by atoms with E-state index in [1.54, 1.807) is 37.6 Å². The molecule has 0 radical (unpaired) electrons. The molecule has 0 aromatic carbocycles. The molecule has 0 aliphatic rings. The molecule has 0 aliphatic heterocycles. The van der Waals surface area contributed by atoms with Gasteiger partial charge in [-0.25, -0.2) is 4.79 Å². The zero-order valence-corrected chi connectivity index (χ0v) is 12.6. The van der Waals surface area contributed by atoms with Gasteiger partial charge in [-0.15, -0.1) is 0 Å². The molecule has 0 saturated carbocycles. The van der Waals surface area contributed by atoms with Crippen molar-refractivity contribution in [2.24, 2.45) is 5.41 Å². The number of thioether (sulfide) groups is 1. The molecule has 18 heavy (non-hydrogen) atoms. The average molecular weight is 276 g/mol. The summed E-state index contributed by atoms with van der Waals surface area (Å²) in [5.74, 6) is -0.0291. The Bertz CT molecular complexity index is 299. The van der Waals surface area contributed by atoms with Gasteiger partial charge in [-0.05, 0) is 26.5 Å². The quantitative estimate of drug-likeness (QED) is 0.745. The highest BCUT2D eigenvalue weighted by atomic mass is 32.2. The van der Waals surface area contributed by atoms with Gasteiger partial charge in [-0.1, -0.05) is 6.92 Å². The molecule has 0 saturated heterocycles. The van der Waals surface area contributed by atoms with Crippen molar-refractivity contribution in [3.8, 4) is 0 Å². The maximum absolute atomic E-state index is 11.9. The van der Waals surface area contributed by atoms with Crippen LogP contribution in [0.3, 0.4) is 0 Å². The molecular formula is C12H24N2O3S. The second-order valence-corrected chi connectivity index (χ2v) is 5.70. The Morgan fingerprint density at radius 3 is 2.44 bits per heavy atom. The van der Waals surface area contributed by atoms with E-state index < -0.39 is 11.4 Å². The van der Waals surface area contributed by atoms with E-state index >= 15 is 0 Å². The van der Waals surface area contributed by atoms with Crippen LogP contribution in [-0.4, -0.2) is 53.6 Å². The summed E-state index contributed by atoms with van der Waals surface area (Å²) < 4.78 is 0. The van der Waals surface area contributed by atoms with Gasteiger partial charge in [0.15, 0.2) is 0 Å². The number of carboxylic acid groups (broad SMARTS) is 1. The van der Waals surface area contributed by atoms with Gasteiger partial charge < -0.3 is 15.3 Å². The normalized spacial score (nSPS) is 15.6. The standard InChI is InChI=1S/C12H24N2O3S/c1-6-12(3,10(15)16)8-13-11(17)14(4)9(2)7-18-5/h9H,6-8H2,1-5H3,(H,13,17)(H,15,16). The maximum atomic E-state index is 11.9. The molecule has 6 heteroatoms. The summed E-state index contributed by atoms with van der Waals surface area (Å²) in [6.07, 6.45) is 2.47. The maximum Gasteiger partial charge on any atom is 0.317 e. The van der Waals surface area contributed by atoms with Gasteiger partial charge in [0.25, 0.3) is 0 Å². The minimum atomic E-state index is -0.904. The SMILES string of the molecule is CCC(C)(CNC(=O)N(C)C(C)CSC)C(=O)O. The van der Waals surface area contributed by atoms with Crippen LogP contribution in [-0.2, 0) is 4.79 Å². The number of carbonyl (C=O) groups is 2.